The molecule has 2 amide bonds. The van der Waals surface area contributed by atoms with Crippen LogP contribution in [-0.4, -0.2) is 30.4 Å². The van der Waals surface area contributed by atoms with Gasteiger partial charge in [-0.1, -0.05) is 63.2 Å². The van der Waals surface area contributed by atoms with Gasteiger partial charge in [0.1, 0.15) is 6.04 Å². The number of carbonyl (C=O) groups is 3. The molecular formula is C23H28N2O4. The normalized spacial score (nSPS) is 11.6. The first-order valence-corrected chi connectivity index (χ1v) is 9.77. The molecule has 6 heteroatoms. The molecule has 0 saturated heterocycles. The molecule has 0 unspecified atom stereocenters. The fraction of sp³-hybridized carbons (Fsp3) is 0.348. The molecule has 154 valence electrons. The van der Waals surface area contributed by atoms with Crippen molar-refractivity contribution in [1.29, 1.82) is 0 Å². The molecule has 0 bridgehead atoms. The Morgan fingerprint density at radius 3 is 2.14 bits per heavy atom. The van der Waals surface area contributed by atoms with E-state index in [-0.39, 0.29) is 18.2 Å². The summed E-state index contributed by atoms with van der Waals surface area (Å²) >= 11 is 0. The number of carbonyl (C=O) groups excluding carboxylic acids is 3. The second kappa shape index (κ2) is 11.0. The van der Waals surface area contributed by atoms with Crippen molar-refractivity contribution >= 4 is 23.5 Å². The van der Waals surface area contributed by atoms with E-state index in [1.165, 1.54) is 5.56 Å². The quantitative estimate of drug-likeness (QED) is 0.638. The average Bonchev–Trinajstić information content (AvgIpc) is 2.71. The van der Waals surface area contributed by atoms with Crippen LogP contribution >= 0.6 is 0 Å². The van der Waals surface area contributed by atoms with Crippen LogP contribution in [0.15, 0.2) is 54.6 Å². The number of hydrogen-bond acceptors (Lipinski definition) is 4. The lowest BCUT2D eigenvalue weighted by Gasteiger charge is -2.20. The third kappa shape index (κ3) is 7.41. The Balaban J connectivity index is 1.84. The maximum absolute atomic E-state index is 12.4. The molecular weight excluding hydrogens is 368 g/mol. The summed E-state index contributed by atoms with van der Waals surface area (Å²) in [5.74, 6) is -1.50. The van der Waals surface area contributed by atoms with Crippen molar-refractivity contribution in [2.45, 2.75) is 39.7 Å². The van der Waals surface area contributed by atoms with Gasteiger partial charge in [-0.05, 0) is 35.6 Å². The minimum Gasteiger partial charge on any atom is -0.454 e. The van der Waals surface area contributed by atoms with Crippen LogP contribution < -0.4 is 10.6 Å². The number of esters is 1. The average molecular weight is 396 g/mol. The third-order valence-corrected chi connectivity index (χ3v) is 4.44. The van der Waals surface area contributed by atoms with Gasteiger partial charge in [-0.25, -0.2) is 4.79 Å². The van der Waals surface area contributed by atoms with Gasteiger partial charge in [0.25, 0.3) is 5.91 Å². The predicted molar refractivity (Wildman–Crippen MR) is 112 cm³/mol. The topological polar surface area (TPSA) is 84.5 Å². The van der Waals surface area contributed by atoms with E-state index in [1.54, 1.807) is 12.1 Å². The van der Waals surface area contributed by atoms with Crippen LogP contribution in [0.3, 0.4) is 0 Å². The minimum atomic E-state index is -0.817. The third-order valence-electron chi connectivity index (χ3n) is 4.44. The highest BCUT2D eigenvalue weighted by molar-refractivity contribution is 5.93. The van der Waals surface area contributed by atoms with Crippen LogP contribution in [0.4, 0.5) is 5.69 Å². The van der Waals surface area contributed by atoms with Gasteiger partial charge in [0.2, 0.25) is 5.91 Å². The molecule has 0 aromatic heterocycles. The highest BCUT2D eigenvalue weighted by atomic mass is 16.5. The Kier molecular flexibility index (Phi) is 8.40. The Bertz CT molecular complexity index is 817. The zero-order chi connectivity index (χ0) is 21.2. The van der Waals surface area contributed by atoms with Crippen LogP contribution in [0.1, 0.15) is 31.9 Å². The maximum atomic E-state index is 12.4. The number of benzene rings is 2. The van der Waals surface area contributed by atoms with E-state index in [4.69, 9.17) is 4.74 Å². The molecule has 0 aliphatic rings. The van der Waals surface area contributed by atoms with Crippen molar-refractivity contribution in [1.82, 2.24) is 5.32 Å². The van der Waals surface area contributed by atoms with Crippen molar-refractivity contribution in [2.24, 2.45) is 5.92 Å². The van der Waals surface area contributed by atoms with Gasteiger partial charge in [-0.2, -0.15) is 0 Å². The largest absolute Gasteiger partial charge is 0.454 e. The van der Waals surface area contributed by atoms with Crippen molar-refractivity contribution in [3.8, 4) is 0 Å². The standard InChI is InChI=1S/C23H28N2O4/c1-4-17-10-12-19(13-11-17)24-21(27)15-29-23(28)22(16(2)3)25-20(26)14-18-8-6-5-7-9-18/h5-13,16,22H,4,14-15H2,1-3H3,(H,24,27)(H,25,26)/t22-/m0/s1. The molecule has 2 aromatic rings. The summed E-state index contributed by atoms with van der Waals surface area (Å²) in [4.78, 5) is 36.7. The second-order valence-corrected chi connectivity index (χ2v) is 7.16. The molecule has 1 atom stereocenters. The summed E-state index contributed by atoms with van der Waals surface area (Å²) in [6, 6.07) is 15.9. The van der Waals surface area contributed by atoms with Crippen molar-refractivity contribution in [2.75, 3.05) is 11.9 Å². The molecule has 0 fully saturated rings. The maximum Gasteiger partial charge on any atom is 0.329 e. The van der Waals surface area contributed by atoms with Gasteiger partial charge in [-0.3, -0.25) is 9.59 Å². The number of hydrogen-bond donors (Lipinski definition) is 2. The van der Waals surface area contributed by atoms with Crippen LogP contribution in [-0.2, 0) is 32.0 Å². The van der Waals surface area contributed by atoms with Crippen LogP contribution in [0, 0.1) is 5.92 Å². The highest BCUT2D eigenvalue weighted by Crippen LogP contribution is 2.10. The van der Waals surface area contributed by atoms with E-state index in [9.17, 15) is 14.4 Å². The fourth-order valence-corrected chi connectivity index (χ4v) is 2.75. The van der Waals surface area contributed by atoms with E-state index in [0.29, 0.717) is 5.69 Å². The number of nitrogens with one attached hydrogen (secondary N) is 2. The van der Waals surface area contributed by atoms with Gasteiger partial charge in [-0.15, -0.1) is 0 Å². The molecule has 29 heavy (non-hydrogen) atoms. The van der Waals surface area contributed by atoms with Gasteiger partial charge in [0.15, 0.2) is 6.61 Å². The summed E-state index contributed by atoms with van der Waals surface area (Å²) in [6.07, 6.45) is 1.09. The van der Waals surface area contributed by atoms with Crippen LogP contribution in [0.25, 0.3) is 0 Å². The fourth-order valence-electron chi connectivity index (χ4n) is 2.75. The van der Waals surface area contributed by atoms with Crippen molar-refractivity contribution in [3.63, 3.8) is 0 Å². The zero-order valence-electron chi connectivity index (χ0n) is 17.1. The van der Waals surface area contributed by atoms with E-state index in [2.05, 4.69) is 17.6 Å². The van der Waals surface area contributed by atoms with E-state index in [1.807, 2.05) is 56.3 Å². The molecule has 0 aliphatic carbocycles. The Hall–Kier alpha value is -3.15. The number of rotatable bonds is 9. The van der Waals surface area contributed by atoms with Crippen molar-refractivity contribution < 1.29 is 19.1 Å². The van der Waals surface area contributed by atoms with Crippen LogP contribution in [0.2, 0.25) is 0 Å². The molecule has 0 saturated carbocycles. The molecule has 0 radical (unpaired) electrons. The summed E-state index contributed by atoms with van der Waals surface area (Å²) in [5, 5.41) is 5.39. The predicted octanol–water partition coefficient (Wildman–Crippen LogP) is 3.11. The number of aryl methyl sites for hydroxylation is 1. The van der Waals surface area contributed by atoms with E-state index in [0.717, 1.165) is 12.0 Å². The van der Waals surface area contributed by atoms with Crippen LogP contribution in [0.5, 0.6) is 0 Å². The van der Waals surface area contributed by atoms with Gasteiger partial charge < -0.3 is 15.4 Å². The van der Waals surface area contributed by atoms with Gasteiger partial charge in [0, 0.05) is 5.69 Å². The van der Waals surface area contributed by atoms with Gasteiger partial charge >= 0.3 is 5.97 Å². The zero-order valence-corrected chi connectivity index (χ0v) is 17.1. The molecule has 0 spiro atoms. The highest BCUT2D eigenvalue weighted by Gasteiger charge is 2.26. The van der Waals surface area contributed by atoms with E-state index < -0.39 is 24.5 Å². The molecule has 2 rings (SSSR count). The summed E-state index contributed by atoms with van der Waals surface area (Å²) < 4.78 is 5.13. The molecule has 2 aromatic carbocycles. The Labute approximate surface area is 171 Å². The Morgan fingerprint density at radius 2 is 1.55 bits per heavy atom. The van der Waals surface area contributed by atoms with E-state index >= 15 is 0 Å². The lowest BCUT2D eigenvalue weighted by atomic mass is 10.0. The minimum absolute atomic E-state index is 0.172. The first-order valence-electron chi connectivity index (χ1n) is 9.77. The number of amides is 2. The molecule has 0 aliphatic heterocycles. The monoisotopic (exact) mass is 396 g/mol. The first-order chi connectivity index (χ1) is 13.9. The number of ether oxygens (including phenoxy) is 1. The first kappa shape index (κ1) is 22.1. The number of anilines is 1. The molecule has 0 heterocycles. The SMILES string of the molecule is CCc1ccc(NC(=O)COC(=O)[C@@H](NC(=O)Cc2ccccc2)C(C)C)cc1. The lowest BCUT2D eigenvalue weighted by Crippen LogP contribution is -2.46. The summed E-state index contributed by atoms with van der Waals surface area (Å²) in [5.41, 5.74) is 2.66. The summed E-state index contributed by atoms with van der Waals surface area (Å²) in [7, 11) is 0. The second-order valence-electron chi connectivity index (χ2n) is 7.16. The smallest absolute Gasteiger partial charge is 0.329 e. The summed E-state index contributed by atoms with van der Waals surface area (Å²) in [6.45, 7) is 5.26. The van der Waals surface area contributed by atoms with Gasteiger partial charge in [0.05, 0.1) is 6.42 Å². The van der Waals surface area contributed by atoms with Crippen molar-refractivity contribution in [3.05, 3.63) is 65.7 Å². The lowest BCUT2D eigenvalue weighted by molar-refractivity contribution is -0.151. The Morgan fingerprint density at radius 1 is 0.897 bits per heavy atom. The molecule has 6 nitrogen and oxygen atoms in total. The molecule has 2 N–H and O–H groups in total.